The molecule has 3 nitrogen and oxygen atoms in total. The number of fused-ring (bicyclic) bond motifs is 3. The van der Waals surface area contributed by atoms with E-state index in [-0.39, 0.29) is 11.9 Å². The molecule has 0 N–H and O–H groups in total. The van der Waals surface area contributed by atoms with Gasteiger partial charge in [0.25, 0.3) is 5.91 Å². The number of hydrogen-bond acceptors (Lipinski definition) is 2. The van der Waals surface area contributed by atoms with Crippen LogP contribution in [0.1, 0.15) is 28.9 Å². The van der Waals surface area contributed by atoms with Crippen molar-refractivity contribution < 1.29 is 4.79 Å². The van der Waals surface area contributed by atoms with Gasteiger partial charge in [0.2, 0.25) is 0 Å². The Bertz CT molecular complexity index is 430. The van der Waals surface area contributed by atoms with Gasteiger partial charge >= 0.3 is 0 Å². The quantitative estimate of drug-likeness (QED) is 0.710. The van der Waals surface area contributed by atoms with Gasteiger partial charge in [-0.25, -0.2) is 0 Å². The molecule has 0 radical (unpaired) electrons. The number of rotatable bonds is 1. The minimum atomic E-state index is 0.219. The van der Waals surface area contributed by atoms with E-state index >= 15 is 0 Å². The molecule has 2 aliphatic heterocycles. The molecule has 1 atom stereocenters. The van der Waals surface area contributed by atoms with Crippen LogP contribution in [0.15, 0.2) is 24.3 Å². The maximum Gasteiger partial charge on any atom is 0.254 e. The number of amides is 1. The molecular formula is C13H16N2O. The second-order valence-corrected chi connectivity index (χ2v) is 4.49. The van der Waals surface area contributed by atoms with Gasteiger partial charge in [0.05, 0.1) is 6.04 Å². The van der Waals surface area contributed by atoms with Crippen molar-refractivity contribution in [2.75, 3.05) is 26.2 Å². The van der Waals surface area contributed by atoms with Gasteiger partial charge in [-0.15, -0.1) is 0 Å². The monoisotopic (exact) mass is 216 g/mol. The smallest absolute Gasteiger partial charge is 0.254 e. The van der Waals surface area contributed by atoms with Crippen molar-refractivity contribution in [3.05, 3.63) is 35.4 Å². The maximum absolute atomic E-state index is 12.1. The lowest BCUT2D eigenvalue weighted by molar-refractivity contribution is 0.0535. The van der Waals surface area contributed by atoms with Crippen molar-refractivity contribution in [2.24, 2.45) is 0 Å². The molecule has 0 unspecified atom stereocenters. The van der Waals surface area contributed by atoms with Gasteiger partial charge in [-0.3, -0.25) is 9.69 Å². The van der Waals surface area contributed by atoms with Crippen LogP contribution in [0, 0.1) is 0 Å². The summed E-state index contributed by atoms with van der Waals surface area (Å²) in [5.41, 5.74) is 2.12. The van der Waals surface area contributed by atoms with Crippen LogP contribution in [0.4, 0.5) is 0 Å². The first kappa shape index (κ1) is 9.85. The van der Waals surface area contributed by atoms with Crippen LogP contribution in [0.2, 0.25) is 0 Å². The molecule has 2 aliphatic rings. The van der Waals surface area contributed by atoms with E-state index in [2.05, 4.69) is 17.9 Å². The molecule has 16 heavy (non-hydrogen) atoms. The first-order valence-corrected chi connectivity index (χ1v) is 5.93. The summed E-state index contributed by atoms with van der Waals surface area (Å²) in [4.78, 5) is 16.6. The summed E-state index contributed by atoms with van der Waals surface area (Å²) in [6.45, 7) is 6.11. The Morgan fingerprint density at radius 3 is 2.94 bits per heavy atom. The van der Waals surface area contributed by atoms with Crippen molar-refractivity contribution in [1.29, 1.82) is 0 Å². The van der Waals surface area contributed by atoms with Crippen LogP contribution >= 0.6 is 0 Å². The van der Waals surface area contributed by atoms with Crippen molar-refractivity contribution in [3.63, 3.8) is 0 Å². The zero-order valence-electron chi connectivity index (χ0n) is 9.52. The lowest BCUT2D eigenvalue weighted by Crippen LogP contribution is -2.47. The first-order chi connectivity index (χ1) is 7.81. The second kappa shape index (κ2) is 3.59. The maximum atomic E-state index is 12.1. The third-order valence-corrected chi connectivity index (χ3v) is 3.72. The van der Waals surface area contributed by atoms with Crippen LogP contribution in [-0.2, 0) is 0 Å². The molecule has 1 amide bonds. The summed E-state index contributed by atoms with van der Waals surface area (Å²) in [6.07, 6.45) is 0. The molecule has 84 valence electrons. The summed E-state index contributed by atoms with van der Waals surface area (Å²) in [5, 5.41) is 0. The molecule has 1 aromatic carbocycles. The fourth-order valence-electron chi connectivity index (χ4n) is 2.77. The lowest BCUT2D eigenvalue weighted by atomic mass is 10.0. The van der Waals surface area contributed by atoms with Gasteiger partial charge in [-0.1, -0.05) is 25.1 Å². The number of nitrogens with zero attached hydrogens (tertiary/aromatic N) is 2. The van der Waals surface area contributed by atoms with Crippen LogP contribution < -0.4 is 0 Å². The molecule has 1 saturated heterocycles. The molecule has 3 rings (SSSR count). The zero-order valence-corrected chi connectivity index (χ0v) is 9.52. The Hall–Kier alpha value is -1.35. The number of carbonyl (C=O) groups excluding carboxylic acids is 1. The highest BCUT2D eigenvalue weighted by Crippen LogP contribution is 2.35. The van der Waals surface area contributed by atoms with E-state index in [1.54, 1.807) is 0 Å². The average Bonchev–Trinajstić information content (AvgIpc) is 2.64. The van der Waals surface area contributed by atoms with E-state index in [0.29, 0.717) is 0 Å². The van der Waals surface area contributed by atoms with Crippen LogP contribution in [0.25, 0.3) is 0 Å². The van der Waals surface area contributed by atoms with E-state index in [0.717, 1.165) is 31.7 Å². The van der Waals surface area contributed by atoms with E-state index in [9.17, 15) is 4.79 Å². The van der Waals surface area contributed by atoms with E-state index in [1.807, 2.05) is 23.1 Å². The summed E-state index contributed by atoms with van der Waals surface area (Å²) < 4.78 is 0. The minimum absolute atomic E-state index is 0.219. The van der Waals surface area contributed by atoms with Gasteiger partial charge in [0.1, 0.15) is 0 Å². The summed E-state index contributed by atoms with van der Waals surface area (Å²) in [5.74, 6) is 0.219. The molecule has 1 aromatic rings. The predicted molar refractivity (Wildman–Crippen MR) is 62.3 cm³/mol. The zero-order chi connectivity index (χ0) is 11.1. The largest absolute Gasteiger partial charge is 0.329 e. The Balaban J connectivity index is 1.98. The Morgan fingerprint density at radius 1 is 1.31 bits per heavy atom. The highest BCUT2D eigenvalue weighted by Gasteiger charge is 2.39. The Labute approximate surface area is 95.7 Å². The summed E-state index contributed by atoms with van der Waals surface area (Å²) >= 11 is 0. The number of carbonyl (C=O) groups is 1. The predicted octanol–water partition coefficient (Wildman–Crippen LogP) is 1.52. The normalized spacial score (nSPS) is 24.4. The average molecular weight is 216 g/mol. The minimum Gasteiger partial charge on any atom is -0.329 e. The SMILES string of the molecule is CCN1CCN2C(=O)c3ccccc3[C@H]2C1. The van der Waals surface area contributed by atoms with Crippen molar-refractivity contribution >= 4 is 5.91 Å². The number of benzene rings is 1. The lowest BCUT2D eigenvalue weighted by Gasteiger charge is -2.37. The van der Waals surface area contributed by atoms with Crippen LogP contribution in [0.3, 0.4) is 0 Å². The van der Waals surface area contributed by atoms with Crippen molar-refractivity contribution in [3.8, 4) is 0 Å². The van der Waals surface area contributed by atoms with Crippen LogP contribution in [-0.4, -0.2) is 41.9 Å². The second-order valence-electron chi connectivity index (χ2n) is 4.49. The van der Waals surface area contributed by atoms with Gasteiger partial charge in [-0.05, 0) is 18.2 Å². The standard InChI is InChI=1S/C13H16N2O/c1-2-14-7-8-15-12(9-14)10-5-3-4-6-11(10)13(15)16/h3-6,12H,2,7-9H2,1H3/t12-/m1/s1. The summed E-state index contributed by atoms with van der Waals surface area (Å²) in [7, 11) is 0. The molecule has 0 aliphatic carbocycles. The Morgan fingerprint density at radius 2 is 2.12 bits per heavy atom. The van der Waals surface area contributed by atoms with Crippen molar-refractivity contribution in [2.45, 2.75) is 13.0 Å². The molecule has 0 aromatic heterocycles. The molecule has 0 bridgehead atoms. The fourth-order valence-corrected chi connectivity index (χ4v) is 2.77. The molecule has 0 spiro atoms. The molecule has 1 fully saturated rings. The third kappa shape index (κ3) is 1.28. The summed E-state index contributed by atoms with van der Waals surface area (Å²) in [6, 6.07) is 8.31. The molecule has 2 heterocycles. The molecule has 3 heteroatoms. The third-order valence-electron chi connectivity index (χ3n) is 3.72. The van der Waals surface area contributed by atoms with Gasteiger partial charge in [-0.2, -0.15) is 0 Å². The van der Waals surface area contributed by atoms with Gasteiger partial charge in [0, 0.05) is 25.2 Å². The number of piperazine rings is 1. The van der Waals surface area contributed by atoms with Crippen LogP contribution in [0.5, 0.6) is 0 Å². The highest BCUT2D eigenvalue weighted by molar-refractivity contribution is 5.99. The highest BCUT2D eigenvalue weighted by atomic mass is 16.2. The number of likely N-dealkylation sites (N-methyl/N-ethyl adjacent to an activating group) is 1. The first-order valence-electron chi connectivity index (χ1n) is 5.93. The number of hydrogen-bond donors (Lipinski definition) is 0. The van der Waals surface area contributed by atoms with E-state index < -0.39 is 0 Å². The molecule has 0 saturated carbocycles. The Kier molecular flexibility index (Phi) is 2.21. The fraction of sp³-hybridized carbons (Fsp3) is 0.462. The van der Waals surface area contributed by atoms with E-state index in [4.69, 9.17) is 0 Å². The van der Waals surface area contributed by atoms with Gasteiger partial charge < -0.3 is 4.90 Å². The van der Waals surface area contributed by atoms with E-state index in [1.165, 1.54) is 5.56 Å². The van der Waals surface area contributed by atoms with Crippen molar-refractivity contribution in [1.82, 2.24) is 9.80 Å². The van der Waals surface area contributed by atoms with Gasteiger partial charge in [0.15, 0.2) is 0 Å². The topological polar surface area (TPSA) is 23.6 Å². The molecular weight excluding hydrogens is 200 g/mol.